The molecule has 0 saturated heterocycles. The number of hydrogen-bond acceptors (Lipinski definition) is 3. The first kappa shape index (κ1) is 26.6. The van der Waals surface area contributed by atoms with E-state index >= 15 is 0 Å². The molecular weight excluding hydrogens is 433 g/mol. The van der Waals surface area contributed by atoms with E-state index in [9.17, 15) is 0 Å². The van der Waals surface area contributed by atoms with E-state index in [0.29, 0.717) is 0 Å². The maximum atomic E-state index is 5.81. The van der Waals surface area contributed by atoms with Crippen LogP contribution in [0.3, 0.4) is 0 Å². The molecule has 0 aromatic heterocycles. The monoisotopic (exact) mass is 475 g/mol. The molecule has 0 spiro atoms. The van der Waals surface area contributed by atoms with Crippen LogP contribution in [-0.2, 0) is 19.3 Å². The normalized spacial score (nSPS) is 11.3. The van der Waals surface area contributed by atoms with Crippen molar-refractivity contribution in [2.24, 2.45) is 17.2 Å². The summed E-state index contributed by atoms with van der Waals surface area (Å²) < 4.78 is 0. The first-order valence-corrected chi connectivity index (χ1v) is 14.3. The van der Waals surface area contributed by atoms with E-state index in [2.05, 4.69) is 72.8 Å². The molecule has 34 heavy (non-hydrogen) atoms. The molecule has 3 rings (SSSR count). The Labute approximate surface area is 207 Å². The molecule has 0 bridgehead atoms. The fourth-order valence-electron chi connectivity index (χ4n) is 4.59. The zero-order valence-corrected chi connectivity index (χ0v) is 21.5. The third kappa shape index (κ3) is 7.48. The van der Waals surface area contributed by atoms with Gasteiger partial charge in [0.15, 0.2) is 0 Å². The van der Waals surface area contributed by atoms with Crippen molar-refractivity contribution in [3.8, 4) is 0 Å². The molecule has 6 N–H and O–H groups in total. The van der Waals surface area contributed by atoms with Crippen molar-refractivity contribution >= 4 is 23.8 Å². The van der Waals surface area contributed by atoms with Gasteiger partial charge in [0, 0.05) is 0 Å². The number of aryl methyl sites for hydroxylation is 3. The molecule has 0 radical (unpaired) electrons. The van der Waals surface area contributed by atoms with Crippen molar-refractivity contribution in [2.45, 2.75) is 57.8 Å². The molecule has 0 aliphatic rings. The van der Waals surface area contributed by atoms with E-state index in [0.717, 1.165) is 77.4 Å². The summed E-state index contributed by atoms with van der Waals surface area (Å²) in [6, 6.07) is 27.3. The van der Waals surface area contributed by atoms with Gasteiger partial charge in [-0.1, -0.05) is 72.8 Å². The second-order valence-corrected chi connectivity index (χ2v) is 11.1. The molecule has 3 aromatic carbocycles. The summed E-state index contributed by atoms with van der Waals surface area (Å²) in [5.74, 6) is 0. The SMILES string of the molecule is NCCCCc1ccccc1P(c1ccccc1CCCCN)c1ccccc1CCCCN. The van der Waals surface area contributed by atoms with Crippen LogP contribution in [0.15, 0.2) is 72.8 Å². The Kier molecular flexibility index (Phi) is 11.8. The van der Waals surface area contributed by atoms with E-state index in [1.807, 2.05) is 0 Å². The van der Waals surface area contributed by atoms with Gasteiger partial charge in [-0.15, -0.1) is 0 Å². The van der Waals surface area contributed by atoms with Crippen molar-refractivity contribution in [1.82, 2.24) is 0 Å². The Balaban J connectivity index is 2.11. The zero-order valence-electron chi connectivity index (χ0n) is 20.6. The van der Waals surface area contributed by atoms with Gasteiger partial charge in [0.2, 0.25) is 0 Å². The Bertz CT molecular complexity index is 861. The average molecular weight is 476 g/mol. The lowest BCUT2D eigenvalue weighted by Gasteiger charge is -2.27. The molecule has 0 aliphatic carbocycles. The molecule has 0 saturated carbocycles. The van der Waals surface area contributed by atoms with Gasteiger partial charge in [0.1, 0.15) is 0 Å². The van der Waals surface area contributed by atoms with Gasteiger partial charge < -0.3 is 17.2 Å². The van der Waals surface area contributed by atoms with E-state index in [1.165, 1.54) is 32.6 Å². The van der Waals surface area contributed by atoms with Crippen molar-refractivity contribution in [3.63, 3.8) is 0 Å². The predicted molar refractivity (Wildman–Crippen MR) is 151 cm³/mol. The molecule has 0 atom stereocenters. The molecular formula is C30H42N3P. The van der Waals surface area contributed by atoms with Crippen LogP contribution in [0.1, 0.15) is 55.2 Å². The van der Waals surface area contributed by atoms with Gasteiger partial charge in [-0.2, -0.15) is 0 Å². The van der Waals surface area contributed by atoms with Crippen molar-refractivity contribution in [1.29, 1.82) is 0 Å². The maximum Gasteiger partial charge on any atom is -0.00772 e. The molecule has 0 aliphatic heterocycles. The van der Waals surface area contributed by atoms with Crippen LogP contribution < -0.4 is 33.1 Å². The van der Waals surface area contributed by atoms with E-state index < -0.39 is 7.92 Å². The highest BCUT2D eigenvalue weighted by Crippen LogP contribution is 2.37. The molecule has 0 heterocycles. The second-order valence-electron chi connectivity index (χ2n) is 8.96. The van der Waals surface area contributed by atoms with Crippen LogP contribution in [0.2, 0.25) is 0 Å². The smallest absolute Gasteiger partial charge is 0.00772 e. The summed E-state index contributed by atoms with van der Waals surface area (Å²) in [6.07, 6.45) is 9.84. The quantitative estimate of drug-likeness (QED) is 0.227. The van der Waals surface area contributed by atoms with Crippen LogP contribution in [0.4, 0.5) is 0 Å². The molecule has 0 fully saturated rings. The second kappa shape index (κ2) is 15.1. The molecule has 182 valence electrons. The van der Waals surface area contributed by atoms with Gasteiger partial charge in [-0.25, -0.2) is 0 Å². The standard InChI is InChI=1S/C30H42N3P/c31-22-10-7-16-25-13-1-4-19-28(25)34(29-20-5-2-14-26(29)17-8-11-23-32)30-21-6-3-15-27(30)18-9-12-24-33/h1-6,13-15,19-21H,7-12,16-18,22-24,31-33H2. The molecule has 3 nitrogen and oxygen atoms in total. The van der Waals surface area contributed by atoms with Crippen LogP contribution in [0, 0.1) is 0 Å². The number of unbranched alkanes of at least 4 members (excludes halogenated alkanes) is 3. The lowest BCUT2D eigenvalue weighted by Crippen LogP contribution is -2.27. The van der Waals surface area contributed by atoms with E-state index in [1.54, 1.807) is 0 Å². The molecule has 0 amide bonds. The maximum absolute atomic E-state index is 5.81. The first-order chi connectivity index (χ1) is 16.8. The van der Waals surface area contributed by atoms with Crippen molar-refractivity contribution in [3.05, 3.63) is 89.5 Å². The zero-order chi connectivity index (χ0) is 24.0. The fourth-order valence-corrected chi connectivity index (χ4v) is 7.49. The minimum Gasteiger partial charge on any atom is -0.330 e. The lowest BCUT2D eigenvalue weighted by molar-refractivity contribution is 0.746. The van der Waals surface area contributed by atoms with Crippen LogP contribution in [0.5, 0.6) is 0 Å². The minimum atomic E-state index is -0.665. The summed E-state index contributed by atoms with van der Waals surface area (Å²) in [5, 5.41) is 4.48. The highest BCUT2D eigenvalue weighted by molar-refractivity contribution is 7.80. The third-order valence-electron chi connectivity index (χ3n) is 6.40. The van der Waals surface area contributed by atoms with Gasteiger partial charge in [-0.3, -0.25) is 0 Å². The first-order valence-electron chi connectivity index (χ1n) is 12.9. The van der Waals surface area contributed by atoms with Crippen LogP contribution in [-0.4, -0.2) is 19.6 Å². The largest absolute Gasteiger partial charge is 0.330 e. The molecule has 0 unspecified atom stereocenters. The molecule has 4 heteroatoms. The summed E-state index contributed by atoms with van der Waals surface area (Å²) >= 11 is 0. The predicted octanol–water partition coefficient (Wildman–Crippen LogP) is 4.29. The number of rotatable bonds is 15. The number of benzene rings is 3. The molecule has 3 aromatic rings. The summed E-state index contributed by atoms with van der Waals surface area (Å²) in [7, 11) is -0.665. The number of hydrogen-bond donors (Lipinski definition) is 3. The summed E-state index contributed by atoms with van der Waals surface area (Å²) in [5.41, 5.74) is 21.8. The summed E-state index contributed by atoms with van der Waals surface area (Å²) in [4.78, 5) is 0. The Morgan fingerprint density at radius 3 is 1.00 bits per heavy atom. The topological polar surface area (TPSA) is 78.1 Å². The van der Waals surface area contributed by atoms with Crippen molar-refractivity contribution in [2.75, 3.05) is 19.6 Å². The van der Waals surface area contributed by atoms with Gasteiger partial charge in [-0.05, 0) is 118 Å². The van der Waals surface area contributed by atoms with Crippen molar-refractivity contribution < 1.29 is 0 Å². The Hall–Kier alpha value is -2.03. The van der Waals surface area contributed by atoms with E-state index in [-0.39, 0.29) is 0 Å². The lowest BCUT2D eigenvalue weighted by atomic mass is 10.1. The minimum absolute atomic E-state index is 0.665. The van der Waals surface area contributed by atoms with Gasteiger partial charge >= 0.3 is 0 Å². The van der Waals surface area contributed by atoms with Gasteiger partial charge in [0.25, 0.3) is 0 Å². The Morgan fingerprint density at radius 1 is 0.412 bits per heavy atom. The summed E-state index contributed by atoms with van der Waals surface area (Å²) in [6.45, 7) is 2.26. The number of nitrogens with two attached hydrogens (primary N) is 3. The highest BCUT2D eigenvalue weighted by atomic mass is 31.1. The van der Waals surface area contributed by atoms with Crippen LogP contribution >= 0.6 is 7.92 Å². The Morgan fingerprint density at radius 2 is 0.706 bits per heavy atom. The van der Waals surface area contributed by atoms with E-state index in [4.69, 9.17) is 17.2 Å². The fraction of sp³-hybridized carbons (Fsp3) is 0.400. The third-order valence-corrected chi connectivity index (χ3v) is 9.15. The van der Waals surface area contributed by atoms with Gasteiger partial charge in [0.05, 0.1) is 0 Å². The highest BCUT2D eigenvalue weighted by Gasteiger charge is 2.23. The van der Waals surface area contributed by atoms with Crippen LogP contribution in [0.25, 0.3) is 0 Å². The average Bonchev–Trinajstić information content (AvgIpc) is 2.87.